The zero-order chi connectivity index (χ0) is 16.4. The van der Waals surface area contributed by atoms with E-state index >= 15 is 0 Å². The van der Waals surface area contributed by atoms with Gasteiger partial charge in [0.1, 0.15) is 0 Å². The first kappa shape index (κ1) is 15.6. The molecule has 0 N–H and O–H groups in total. The quantitative estimate of drug-likeness (QED) is 0.628. The van der Waals surface area contributed by atoms with E-state index in [1.54, 1.807) is 12.1 Å². The fraction of sp³-hybridized carbons (Fsp3) is 0.562. The minimum Gasteiger partial charge on any atom is -0.490 e. The second-order valence-corrected chi connectivity index (χ2v) is 6.05. The molecule has 0 aromatic heterocycles. The van der Waals surface area contributed by atoms with Crippen LogP contribution in [0.2, 0.25) is 0 Å². The molecule has 1 aromatic carbocycles. The Hall–Kier alpha value is -2.31. The van der Waals surface area contributed by atoms with E-state index in [9.17, 15) is 14.9 Å². The number of ether oxygens (including phenoxy) is 1. The fourth-order valence-electron chi connectivity index (χ4n) is 3.51. The second kappa shape index (κ2) is 6.44. The highest BCUT2D eigenvalue weighted by molar-refractivity contribution is 5.78. The van der Waals surface area contributed by atoms with Gasteiger partial charge in [-0.05, 0) is 25.3 Å². The van der Waals surface area contributed by atoms with Crippen molar-refractivity contribution in [1.82, 2.24) is 4.90 Å². The molecule has 1 aromatic rings. The first-order valence-corrected chi connectivity index (χ1v) is 7.97. The molecule has 0 aliphatic carbocycles. The van der Waals surface area contributed by atoms with Gasteiger partial charge in [0.15, 0.2) is 5.75 Å². The van der Waals surface area contributed by atoms with Crippen molar-refractivity contribution in [1.29, 1.82) is 0 Å². The van der Waals surface area contributed by atoms with Crippen LogP contribution in [-0.4, -0.2) is 48.5 Å². The van der Waals surface area contributed by atoms with Crippen molar-refractivity contribution in [3.63, 3.8) is 0 Å². The molecule has 1 amide bonds. The van der Waals surface area contributed by atoms with Crippen molar-refractivity contribution in [2.45, 2.75) is 31.7 Å². The summed E-state index contributed by atoms with van der Waals surface area (Å²) in [6.07, 6.45) is 3.63. The number of anilines is 1. The van der Waals surface area contributed by atoms with Crippen molar-refractivity contribution >= 4 is 17.3 Å². The van der Waals surface area contributed by atoms with Crippen LogP contribution >= 0.6 is 0 Å². The molecule has 0 unspecified atom stereocenters. The van der Waals surface area contributed by atoms with Crippen LogP contribution in [-0.2, 0) is 4.79 Å². The van der Waals surface area contributed by atoms with E-state index in [2.05, 4.69) is 4.90 Å². The lowest BCUT2D eigenvalue weighted by Crippen LogP contribution is -2.48. The molecule has 0 spiro atoms. The Labute approximate surface area is 135 Å². The summed E-state index contributed by atoms with van der Waals surface area (Å²) in [6.45, 7) is 2.51. The summed E-state index contributed by atoms with van der Waals surface area (Å²) >= 11 is 0. The Morgan fingerprint density at radius 2 is 2.13 bits per heavy atom. The molecule has 2 saturated heterocycles. The Morgan fingerprint density at radius 3 is 2.78 bits per heavy atom. The van der Waals surface area contributed by atoms with Crippen LogP contribution in [0.3, 0.4) is 0 Å². The average Bonchev–Trinajstić information content (AvgIpc) is 3.00. The van der Waals surface area contributed by atoms with E-state index in [0.717, 1.165) is 44.6 Å². The molecule has 2 aliphatic heterocycles. The largest absolute Gasteiger partial charge is 0.490 e. The van der Waals surface area contributed by atoms with Crippen LogP contribution in [0.5, 0.6) is 5.75 Å². The number of nitro benzene ring substituents is 1. The Balaban J connectivity index is 1.78. The molecule has 124 valence electrons. The van der Waals surface area contributed by atoms with Gasteiger partial charge in [0.2, 0.25) is 5.91 Å². The third-order valence-electron chi connectivity index (χ3n) is 4.67. The molecule has 2 heterocycles. The number of carbonyl (C=O) groups excluding carboxylic acids is 1. The van der Waals surface area contributed by atoms with Gasteiger partial charge >= 0.3 is 5.69 Å². The van der Waals surface area contributed by atoms with Gasteiger partial charge in [0.25, 0.3) is 0 Å². The zero-order valence-corrected chi connectivity index (χ0v) is 13.2. The number of likely N-dealkylation sites (tertiary alicyclic amines) is 1. The lowest BCUT2D eigenvalue weighted by Gasteiger charge is -2.38. The number of rotatable bonds is 4. The first-order chi connectivity index (χ1) is 11.1. The zero-order valence-electron chi connectivity index (χ0n) is 13.2. The molecule has 0 radical (unpaired) electrons. The number of carbonyl (C=O) groups is 1. The van der Waals surface area contributed by atoms with E-state index in [1.807, 2.05) is 4.90 Å². The van der Waals surface area contributed by atoms with Crippen molar-refractivity contribution in [3.05, 3.63) is 28.3 Å². The van der Waals surface area contributed by atoms with Crippen LogP contribution in [0, 0.1) is 10.1 Å². The minimum absolute atomic E-state index is 0.0282. The molecule has 23 heavy (non-hydrogen) atoms. The molecular weight excluding hydrogens is 298 g/mol. The predicted octanol–water partition coefficient (Wildman–Crippen LogP) is 2.19. The molecule has 0 saturated carbocycles. The minimum atomic E-state index is -0.440. The lowest BCUT2D eigenvalue weighted by atomic mass is 10.0. The SMILES string of the molecule is COc1cc(N2CCC[C@H](N3CCCC3=O)C2)ccc1[N+](=O)[O-]. The van der Waals surface area contributed by atoms with E-state index in [1.165, 1.54) is 13.2 Å². The number of benzene rings is 1. The van der Waals surface area contributed by atoms with Crippen molar-refractivity contribution in [2.75, 3.05) is 31.6 Å². The number of amides is 1. The van der Waals surface area contributed by atoms with Gasteiger partial charge in [-0.3, -0.25) is 14.9 Å². The first-order valence-electron chi connectivity index (χ1n) is 7.97. The van der Waals surface area contributed by atoms with Crippen LogP contribution in [0.4, 0.5) is 11.4 Å². The summed E-state index contributed by atoms with van der Waals surface area (Å²) in [5, 5.41) is 11.0. The number of methoxy groups -OCH3 is 1. The summed E-state index contributed by atoms with van der Waals surface area (Å²) < 4.78 is 5.15. The summed E-state index contributed by atoms with van der Waals surface area (Å²) in [6, 6.07) is 5.19. The van der Waals surface area contributed by atoms with Gasteiger partial charge in [-0.25, -0.2) is 0 Å². The maximum absolute atomic E-state index is 11.9. The molecule has 2 fully saturated rings. The topological polar surface area (TPSA) is 75.9 Å². The van der Waals surface area contributed by atoms with Gasteiger partial charge in [0.05, 0.1) is 12.0 Å². The van der Waals surface area contributed by atoms with E-state index < -0.39 is 4.92 Å². The number of hydrogen-bond donors (Lipinski definition) is 0. The normalized spacial score (nSPS) is 21.6. The highest BCUT2D eigenvalue weighted by atomic mass is 16.6. The van der Waals surface area contributed by atoms with Crippen LogP contribution < -0.4 is 9.64 Å². The monoisotopic (exact) mass is 319 g/mol. The van der Waals surface area contributed by atoms with E-state index in [0.29, 0.717) is 6.42 Å². The van der Waals surface area contributed by atoms with E-state index in [4.69, 9.17) is 4.74 Å². The third kappa shape index (κ3) is 3.09. The summed E-state index contributed by atoms with van der Waals surface area (Å²) in [7, 11) is 1.44. The van der Waals surface area contributed by atoms with Gasteiger partial charge in [-0.2, -0.15) is 0 Å². The lowest BCUT2D eigenvalue weighted by molar-refractivity contribution is -0.385. The predicted molar refractivity (Wildman–Crippen MR) is 85.8 cm³/mol. The van der Waals surface area contributed by atoms with Crippen LogP contribution in [0.15, 0.2) is 18.2 Å². The maximum atomic E-state index is 11.9. The molecule has 0 bridgehead atoms. The summed E-state index contributed by atoms with van der Waals surface area (Å²) in [5.74, 6) is 0.519. The molecule has 2 aliphatic rings. The molecule has 7 nitrogen and oxygen atoms in total. The van der Waals surface area contributed by atoms with Crippen molar-refractivity contribution in [2.24, 2.45) is 0 Å². The summed E-state index contributed by atoms with van der Waals surface area (Å²) in [5.41, 5.74) is 0.878. The highest BCUT2D eigenvalue weighted by Crippen LogP contribution is 2.33. The summed E-state index contributed by atoms with van der Waals surface area (Å²) in [4.78, 5) is 26.7. The Kier molecular flexibility index (Phi) is 4.36. The van der Waals surface area contributed by atoms with Crippen LogP contribution in [0.1, 0.15) is 25.7 Å². The molecule has 7 heteroatoms. The van der Waals surface area contributed by atoms with Crippen molar-refractivity contribution in [3.8, 4) is 5.75 Å². The number of hydrogen-bond acceptors (Lipinski definition) is 5. The van der Waals surface area contributed by atoms with Crippen LogP contribution in [0.25, 0.3) is 0 Å². The Bertz CT molecular complexity index is 619. The highest BCUT2D eigenvalue weighted by Gasteiger charge is 2.31. The van der Waals surface area contributed by atoms with Gasteiger partial charge in [0, 0.05) is 49.9 Å². The van der Waals surface area contributed by atoms with Crippen molar-refractivity contribution < 1.29 is 14.5 Å². The van der Waals surface area contributed by atoms with Gasteiger partial charge in [-0.15, -0.1) is 0 Å². The Morgan fingerprint density at radius 1 is 1.30 bits per heavy atom. The third-order valence-corrected chi connectivity index (χ3v) is 4.67. The number of nitrogens with zero attached hydrogens (tertiary/aromatic N) is 3. The number of nitro groups is 1. The average molecular weight is 319 g/mol. The van der Waals surface area contributed by atoms with Gasteiger partial charge in [-0.1, -0.05) is 0 Å². The van der Waals surface area contributed by atoms with E-state index in [-0.39, 0.29) is 23.4 Å². The number of piperidine rings is 1. The maximum Gasteiger partial charge on any atom is 0.311 e. The van der Waals surface area contributed by atoms with Gasteiger partial charge < -0.3 is 14.5 Å². The standard InChI is InChI=1S/C16H21N3O4/c1-23-15-10-12(6-7-14(15)19(21)22)17-8-2-4-13(11-17)18-9-3-5-16(18)20/h6-7,10,13H,2-5,8-9,11H2,1H3/t13-/m0/s1. The molecule has 1 atom stereocenters. The second-order valence-electron chi connectivity index (χ2n) is 6.05. The molecular formula is C16H21N3O4. The molecule has 3 rings (SSSR count). The fourth-order valence-corrected chi connectivity index (χ4v) is 3.51. The smallest absolute Gasteiger partial charge is 0.311 e.